The fraction of sp³-hybridized carbons (Fsp3) is 0.333. The normalized spacial score (nSPS) is 12.2. The molecule has 0 spiro atoms. The molecule has 1 atom stereocenters. The van der Waals surface area contributed by atoms with Crippen molar-refractivity contribution in [1.29, 1.82) is 0 Å². The average Bonchev–Trinajstić information content (AvgIpc) is 2.24. The third kappa shape index (κ3) is 3.19. The van der Waals surface area contributed by atoms with E-state index in [-0.39, 0.29) is 11.5 Å². The van der Waals surface area contributed by atoms with E-state index in [9.17, 15) is 19.1 Å². The Bertz CT molecular complexity index is 474. The summed E-state index contributed by atoms with van der Waals surface area (Å²) in [7, 11) is 0. The van der Waals surface area contributed by atoms with Gasteiger partial charge in [-0.15, -0.1) is 0 Å². The number of rotatable bonds is 4. The van der Waals surface area contributed by atoms with Crippen molar-refractivity contribution in [1.82, 2.24) is 5.32 Å². The molecule has 0 fully saturated rings. The van der Waals surface area contributed by atoms with Crippen LogP contribution in [-0.2, 0) is 4.79 Å². The molecule has 6 heteroatoms. The van der Waals surface area contributed by atoms with E-state index in [0.29, 0.717) is 0 Å². The number of primary amides is 1. The van der Waals surface area contributed by atoms with Gasteiger partial charge in [-0.2, -0.15) is 0 Å². The lowest BCUT2D eigenvalue weighted by molar-refractivity contribution is -0.120. The van der Waals surface area contributed by atoms with E-state index in [4.69, 9.17) is 5.73 Å². The lowest BCUT2D eigenvalue weighted by Gasteiger charge is -2.19. The van der Waals surface area contributed by atoms with Crippen molar-refractivity contribution in [2.75, 3.05) is 0 Å². The number of halogens is 1. The van der Waals surface area contributed by atoms with Gasteiger partial charge in [0.1, 0.15) is 17.6 Å². The van der Waals surface area contributed by atoms with Crippen LogP contribution in [0.2, 0.25) is 0 Å². The van der Waals surface area contributed by atoms with Crippen LogP contribution >= 0.6 is 0 Å². The van der Waals surface area contributed by atoms with E-state index >= 15 is 0 Å². The van der Waals surface area contributed by atoms with Crippen molar-refractivity contribution in [3.63, 3.8) is 0 Å². The van der Waals surface area contributed by atoms with Crippen LogP contribution in [0.15, 0.2) is 18.2 Å². The summed E-state index contributed by atoms with van der Waals surface area (Å²) < 4.78 is 12.8. The van der Waals surface area contributed by atoms with Crippen molar-refractivity contribution >= 4 is 11.8 Å². The lowest BCUT2D eigenvalue weighted by Crippen LogP contribution is -2.47. The second kappa shape index (κ2) is 5.48. The molecule has 0 aliphatic rings. The number of benzene rings is 1. The van der Waals surface area contributed by atoms with E-state index in [1.165, 1.54) is 0 Å². The molecular weight excluding hydrogens is 239 g/mol. The topological polar surface area (TPSA) is 92.4 Å². The van der Waals surface area contributed by atoms with Crippen LogP contribution in [0.4, 0.5) is 4.39 Å². The molecule has 0 bridgehead atoms. The van der Waals surface area contributed by atoms with E-state index in [0.717, 1.165) is 18.2 Å². The molecule has 1 unspecified atom stereocenters. The van der Waals surface area contributed by atoms with Crippen molar-refractivity contribution in [2.45, 2.75) is 19.9 Å². The molecule has 1 aromatic carbocycles. The van der Waals surface area contributed by atoms with Gasteiger partial charge in [0.15, 0.2) is 0 Å². The first-order chi connectivity index (χ1) is 8.32. The number of aromatic hydroxyl groups is 1. The van der Waals surface area contributed by atoms with Gasteiger partial charge in [0.25, 0.3) is 5.91 Å². The number of phenolic OH excluding ortho intramolecular Hbond substituents is 1. The fourth-order valence-electron chi connectivity index (χ4n) is 1.48. The van der Waals surface area contributed by atoms with Gasteiger partial charge in [0.2, 0.25) is 5.91 Å². The first-order valence-corrected chi connectivity index (χ1v) is 5.41. The van der Waals surface area contributed by atoms with Crippen molar-refractivity contribution in [3.8, 4) is 5.75 Å². The number of hydrogen-bond donors (Lipinski definition) is 3. The molecule has 1 rings (SSSR count). The van der Waals surface area contributed by atoms with Gasteiger partial charge in [-0.05, 0) is 18.1 Å². The highest BCUT2D eigenvalue weighted by atomic mass is 19.1. The largest absolute Gasteiger partial charge is 0.507 e. The van der Waals surface area contributed by atoms with Crippen LogP contribution in [0, 0.1) is 11.7 Å². The Balaban J connectivity index is 2.91. The molecule has 0 saturated heterocycles. The predicted octanol–water partition coefficient (Wildman–Crippen LogP) is 0.771. The van der Waals surface area contributed by atoms with Crippen LogP contribution < -0.4 is 11.1 Å². The first-order valence-electron chi connectivity index (χ1n) is 5.41. The Kier molecular flexibility index (Phi) is 4.25. The second-order valence-electron chi connectivity index (χ2n) is 4.26. The van der Waals surface area contributed by atoms with Crippen LogP contribution in [0.25, 0.3) is 0 Å². The molecular formula is C12H15FN2O3. The van der Waals surface area contributed by atoms with Gasteiger partial charge >= 0.3 is 0 Å². The Morgan fingerprint density at radius 1 is 1.39 bits per heavy atom. The Morgan fingerprint density at radius 2 is 2.00 bits per heavy atom. The third-order valence-corrected chi connectivity index (χ3v) is 2.46. The number of hydrogen-bond acceptors (Lipinski definition) is 3. The highest BCUT2D eigenvalue weighted by Gasteiger charge is 2.23. The molecule has 0 saturated carbocycles. The molecule has 4 N–H and O–H groups in total. The SMILES string of the molecule is CC(C)C(NC(=O)c1ccc(F)cc1O)C(N)=O. The molecule has 5 nitrogen and oxygen atoms in total. The summed E-state index contributed by atoms with van der Waals surface area (Å²) in [5.74, 6) is -2.67. The number of phenols is 1. The quantitative estimate of drug-likeness (QED) is 0.741. The Morgan fingerprint density at radius 3 is 2.44 bits per heavy atom. The number of carbonyl (C=O) groups is 2. The van der Waals surface area contributed by atoms with Crippen molar-refractivity contribution in [2.24, 2.45) is 11.7 Å². The summed E-state index contributed by atoms with van der Waals surface area (Å²) >= 11 is 0. The van der Waals surface area contributed by atoms with Gasteiger partial charge in [-0.25, -0.2) is 4.39 Å². The second-order valence-corrected chi connectivity index (χ2v) is 4.26. The minimum Gasteiger partial charge on any atom is -0.507 e. The molecule has 0 aromatic heterocycles. The Labute approximate surface area is 104 Å². The fourth-order valence-corrected chi connectivity index (χ4v) is 1.48. The molecule has 18 heavy (non-hydrogen) atoms. The van der Waals surface area contributed by atoms with Gasteiger partial charge < -0.3 is 16.2 Å². The maximum Gasteiger partial charge on any atom is 0.255 e. The molecule has 0 aliphatic heterocycles. The van der Waals surface area contributed by atoms with Crippen LogP contribution in [0.1, 0.15) is 24.2 Å². The highest BCUT2D eigenvalue weighted by Crippen LogP contribution is 2.18. The number of carbonyl (C=O) groups excluding carboxylic acids is 2. The summed E-state index contributed by atoms with van der Waals surface area (Å²) in [5.41, 5.74) is 5.04. The minimum absolute atomic E-state index is 0.108. The van der Waals surface area contributed by atoms with Gasteiger partial charge in [0, 0.05) is 6.07 Å². The summed E-state index contributed by atoms with van der Waals surface area (Å²) in [5, 5.41) is 11.8. The van der Waals surface area contributed by atoms with Gasteiger partial charge in [-0.1, -0.05) is 13.8 Å². The standard InChI is InChI=1S/C12H15FN2O3/c1-6(2)10(11(14)17)15-12(18)8-4-3-7(13)5-9(8)16/h3-6,10,16H,1-2H3,(H2,14,17)(H,15,18). The first kappa shape index (κ1) is 14.0. The van der Waals surface area contributed by atoms with E-state index in [1.54, 1.807) is 13.8 Å². The maximum atomic E-state index is 12.8. The van der Waals surface area contributed by atoms with Gasteiger partial charge in [0.05, 0.1) is 5.56 Å². The third-order valence-electron chi connectivity index (χ3n) is 2.46. The summed E-state index contributed by atoms with van der Waals surface area (Å²) in [6.45, 7) is 3.44. The molecule has 0 heterocycles. The zero-order valence-corrected chi connectivity index (χ0v) is 10.1. The highest BCUT2D eigenvalue weighted by molar-refractivity contribution is 5.99. The van der Waals surface area contributed by atoms with Crippen LogP contribution in [0.5, 0.6) is 5.75 Å². The molecule has 98 valence electrons. The Hall–Kier alpha value is -2.11. The average molecular weight is 254 g/mol. The predicted molar refractivity (Wildman–Crippen MR) is 63.4 cm³/mol. The van der Waals surface area contributed by atoms with Crippen molar-refractivity contribution in [3.05, 3.63) is 29.6 Å². The molecule has 0 radical (unpaired) electrons. The smallest absolute Gasteiger partial charge is 0.255 e. The van der Waals surface area contributed by atoms with Crippen molar-refractivity contribution < 1.29 is 19.1 Å². The zero-order valence-electron chi connectivity index (χ0n) is 10.1. The lowest BCUT2D eigenvalue weighted by atomic mass is 10.0. The van der Waals surface area contributed by atoms with E-state index in [2.05, 4.69) is 5.32 Å². The zero-order chi connectivity index (χ0) is 13.9. The number of amides is 2. The summed E-state index contributed by atoms with van der Waals surface area (Å²) in [4.78, 5) is 22.9. The minimum atomic E-state index is -0.845. The maximum absolute atomic E-state index is 12.8. The molecule has 2 amide bonds. The van der Waals surface area contributed by atoms with E-state index in [1.807, 2.05) is 0 Å². The molecule has 0 aliphatic carbocycles. The van der Waals surface area contributed by atoms with Crippen LogP contribution in [0.3, 0.4) is 0 Å². The summed E-state index contributed by atoms with van der Waals surface area (Å²) in [6, 6.07) is 2.16. The molecule has 1 aromatic rings. The summed E-state index contributed by atoms with van der Waals surface area (Å²) in [6.07, 6.45) is 0. The van der Waals surface area contributed by atoms with Crippen LogP contribution in [-0.4, -0.2) is 23.0 Å². The number of nitrogens with two attached hydrogens (primary N) is 1. The van der Waals surface area contributed by atoms with E-state index < -0.39 is 29.4 Å². The number of nitrogens with one attached hydrogen (secondary N) is 1. The van der Waals surface area contributed by atoms with Gasteiger partial charge in [-0.3, -0.25) is 9.59 Å². The monoisotopic (exact) mass is 254 g/mol.